The lowest BCUT2D eigenvalue weighted by Gasteiger charge is -2.08. The van der Waals surface area contributed by atoms with Gasteiger partial charge in [0, 0.05) is 35.2 Å². The van der Waals surface area contributed by atoms with E-state index < -0.39 is 35.5 Å². The Labute approximate surface area is 163 Å². The van der Waals surface area contributed by atoms with Gasteiger partial charge in [0.25, 0.3) is 5.69 Å². The zero-order valence-corrected chi connectivity index (χ0v) is 15.2. The van der Waals surface area contributed by atoms with E-state index in [0.29, 0.717) is 11.3 Å². The van der Waals surface area contributed by atoms with Crippen LogP contribution in [0.3, 0.4) is 0 Å². The summed E-state index contributed by atoms with van der Waals surface area (Å²) in [5.74, 6) is -0.979. The van der Waals surface area contributed by atoms with Crippen molar-refractivity contribution in [2.75, 3.05) is 13.2 Å². The third-order valence-electron chi connectivity index (χ3n) is 4.04. The molecule has 0 aliphatic heterocycles. The molecule has 0 amide bonds. The minimum Gasteiger partial charge on any atom is -0.482 e. The Hall–Kier alpha value is -4.01. The lowest BCUT2D eigenvalue weighted by atomic mass is 10.1. The Kier molecular flexibility index (Phi) is 5.68. The van der Waals surface area contributed by atoms with Crippen molar-refractivity contribution in [1.82, 2.24) is 0 Å². The molecule has 0 saturated heterocycles. The van der Waals surface area contributed by atoms with Gasteiger partial charge in [0.1, 0.15) is 11.3 Å². The highest BCUT2D eigenvalue weighted by atomic mass is 16.6. The number of esters is 1. The molecule has 0 unspecified atom stereocenters. The maximum Gasteiger partial charge on any atom is 0.344 e. The largest absolute Gasteiger partial charge is 0.482 e. The van der Waals surface area contributed by atoms with E-state index in [1.54, 1.807) is 19.1 Å². The standard InChI is InChI=1S/C20H15NO8/c1-12-8-19(23)29-18-9-15(6-7-16(12)18)27-11-20(24)28-10-17(22)13-2-4-14(5-3-13)21(25)26/h2-9H,10-11H2,1H3. The minimum atomic E-state index is -0.772. The highest BCUT2D eigenvalue weighted by Gasteiger charge is 2.13. The molecule has 3 aromatic rings. The number of carbonyl (C=O) groups is 2. The van der Waals surface area contributed by atoms with Crippen LogP contribution in [-0.2, 0) is 9.53 Å². The average Bonchev–Trinajstić information content (AvgIpc) is 2.70. The number of nitro benzene ring substituents is 1. The van der Waals surface area contributed by atoms with Crippen molar-refractivity contribution in [2.45, 2.75) is 6.92 Å². The summed E-state index contributed by atoms with van der Waals surface area (Å²) in [5, 5.41) is 11.4. The number of hydrogen-bond acceptors (Lipinski definition) is 8. The van der Waals surface area contributed by atoms with Crippen LogP contribution in [0.5, 0.6) is 5.75 Å². The Balaban J connectivity index is 1.54. The molecule has 148 valence electrons. The molecule has 0 spiro atoms. The first-order valence-electron chi connectivity index (χ1n) is 8.44. The topological polar surface area (TPSA) is 126 Å². The number of Topliss-reactive ketones (excluding diaryl/α,β-unsaturated/α-hetero) is 1. The van der Waals surface area contributed by atoms with Crippen LogP contribution < -0.4 is 10.4 Å². The molecule has 0 fully saturated rings. The average molecular weight is 397 g/mol. The Morgan fingerprint density at radius 1 is 1.07 bits per heavy atom. The fraction of sp³-hybridized carbons (Fsp3) is 0.150. The SMILES string of the molecule is Cc1cc(=O)oc2cc(OCC(=O)OCC(=O)c3ccc([N+](=O)[O-])cc3)ccc12. The van der Waals surface area contributed by atoms with E-state index in [1.165, 1.54) is 36.4 Å². The van der Waals surface area contributed by atoms with E-state index in [0.717, 1.165) is 10.9 Å². The van der Waals surface area contributed by atoms with Gasteiger partial charge < -0.3 is 13.9 Å². The second-order valence-electron chi connectivity index (χ2n) is 6.08. The first-order chi connectivity index (χ1) is 13.8. The predicted molar refractivity (Wildman–Crippen MR) is 101 cm³/mol. The van der Waals surface area contributed by atoms with Crippen LogP contribution in [0.2, 0.25) is 0 Å². The van der Waals surface area contributed by atoms with Gasteiger partial charge in [-0.15, -0.1) is 0 Å². The highest BCUT2D eigenvalue weighted by Crippen LogP contribution is 2.22. The quantitative estimate of drug-likeness (QED) is 0.196. The Morgan fingerprint density at radius 2 is 1.79 bits per heavy atom. The molecular formula is C20H15NO8. The van der Waals surface area contributed by atoms with Gasteiger partial charge in [0.15, 0.2) is 19.0 Å². The molecule has 3 rings (SSSR count). The van der Waals surface area contributed by atoms with Crippen LogP contribution in [0.25, 0.3) is 11.0 Å². The summed E-state index contributed by atoms with van der Waals surface area (Å²) < 4.78 is 15.3. The molecule has 0 aliphatic carbocycles. The summed E-state index contributed by atoms with van der Waals surface area (Å²) in [6.07, 6.45) is 0. The molecule has 29 heavy (non-hydrogen) atoms. The lowest BCUT2D eigenvalue weighted by Crippen LogP contribution is -2.19. The van der Waals surface area contributed by atoms with E-state index in [2.05, 4.69) is 0 Å². The molecule has 9 heteroatoms. The zero-order chi connectivity index (χ0) is 21.0. The van der Waals surface area contributed by atoms with Crippen molar-refractivity contribution >= 4 is 28.4 Å². The Morgan fingerprint density at radius 3 is 2.48 bits per heavy atom. The summed E-state index contributed by atoms with van der Waals surface area (Å²) >= 11 is 0. The van der Waals surface area contributed by atoms with E-state index >= 15 is 0 Å². The van der Waals surface area contributed by atoms with Crippen LogP contribution in [0, 0.1) is 17.0 Å². The van der Waals surface area contributed by atoms with Crippen molar-refractivity contribution in [3.8, 4) is 5.75 Å². The number of aryl methyl sites for hydroxylation is 1. The fourth-order valence-electron chi connectivity index (χ4n) is 2.58. The molecule has 0 bridgehead atoms. The number of ketones is 1. The maximum atomic E-state index is 12.0. The Bertz CT molecular complexity index is 1150. The third kappa shape index (κ3) is 4.83. The first kappa shape index (κ1) is 19.7. The van der Waals surface area contributed by atoms with Gasteiger partial charge in [-0.1, -0.05) is 0 Å². The minimum absolute atomic E-state index is 0.145. The summed E-state index contributed by atoms with van der Waals surface area (Å²) in [4.78, 5) is 45.3. The van der Waals surface area contributed by atoms with Gasteiger partial charge in [-0.2, -0.15) is 0 Å². The van der Waals surface area contributed by atoms with Gasteiger partial charge in [0.2, 0.25) is 0 Å². The van der Waals surface area contributed by atoms with E-state index in [-0.39, 0.29) is 11.3 Å². The van der Waals surface area contributed by atoms with Crippen LogP contribution in [-0.4, -0.2) is 29.9 Å². The van der Waals surface area contributed by atoms with Gasteiger partial charge >= 0.3 is 11.6 Å². The summed E-state index contributed by atoms with van der Waals surface area (Å²) in [6.45, 7) is 0.806. The predicted octanol–water partition coefficient (Wildman–Crippen LogP) is 2.81. The number of carbonyl (C=O) groups excluding carboxylic acids is 2. The number of benzene rings is 2. The van der Waals surface area contributed by atoms with Gasteiger partial charge in [-0.3, -0.25) is 14.9 Å². The molecule has 9 nitrogen and oxygen atoms in total. The number of fused-ring (bicyclic) bond motifs is 1. The number of non-ortho nitro benzene ring substituents is 1. The van der Waals surface area contributed by atoms with Crippen molar-refractivity contribution in [3.05, 3.63) is 80.2 Å². The second-order valence-corrected chi connectivity index (χ2v) is 6.08. The maximum absolute atomic E-state index is 12.0. The molecule has 0 saturated carbocycles. The summed E-state index contributed by atoms with van der Waals surface area (Å²) in [5.41, 5.74) is 0.634. The monoisotopic (exact) mass is 397 g/mol. The van der Waals surface area contributed by atoms with E-state index in [4.69, 9.17) is 13.9 Å². The molecule has 0 atom stereocenters. The van der Waals surface area contributed by atoms with E-state index in [9.17, 15) is 24.5 Å². The molecule has 0 aliphatic rings. The van der Waals surface area contributed by atoms with Gasteiger partial charge in [0.05, 0.1) is 4.92 Å². The molecular weight excluding hydrogens is 382 g/mol. The normalized spacial score (nSPS) is 10.5. The van der Waals surface area contributed by atoms with Crippen LogP contribution in [0.15, 0.2) is 57.7 Å². The van der Waals surface area contributed by atoms with Crippen molar-refractivity contribution in [3.63, 3.8) is 0 Å². The first-order valence-corrected chi connectivity index (χ1v) is 8.44. The fourth-order valence-corrected chi connectivity index (χ4v) is 2.58. The van der Waals surface area contributed by atoms with Gasteiger partial charge in [-0.25, -0.2) is 9.59 Å². The summed E-state index contributed by atoms with van der Waals surface area (Å²) in [7, 11) is 0. The molecule has 1 aromatic heterocycles. The molecule has 1 heterocycles. The third-order valence-corrected chi connectivity index (χ3v) is 4.04. The number of ether oxygens (including phenoxy) is 2. The lowest BCUT2D eigenvalue weighted by molar-refractivity contribution is -0.384. The highest BCUT2D eigenvalue weighted by molar-refractivity contribution is 5.98. The van der Waals surface area contributed by atoms with Crippen molar-refractivity contribution in [1.29, 1.82) is 0 Å². The molecule has 0 radical (unpaired) electrons. The smallest absolute Gasteiger partial charge is 0.344 e. The second kappa shape index (κ2) is 8.34. The van der Waals surface area contributed by atoms with Crippen LogP contribution in [0.4, 0.5) is 5.69 Å². The van der Waals surface area contributed by atoms with Crippen LogP contribution >= 0.6 is 0 Å². The summed E-state index contributed by atoms with van der Waals surface area (Å²) in [6, 6.07) is 11.1. The number of rotatable bonds is 7. The van der Waals surface area contributed by atoms with Gasteiger partial charge in [-0.05, 0) is 36.8 Å². The molecule has 2 aromatic carbocycles. The molecule has 0 N–H and O–H groups in total. The van der Waals surface area contributed by atoms with Crippen molar-refractivity contribution in [2.24, 2.45) is 0 Å². The number of nitro groups is 1. The zero-order valence-electron chi connectivity index (χ0n) is 15.2. The number of nitrogens with zero attached hydrogens (tertiary/aromatic N) is 1. The van der Waals surface area contributed by atoms with Crippen LogP contribution in [0.1, 0.15) is 15.9 Å². The van der Waals surface area contributed by atoms with E-state index in [1.807, 2.05) is 0 Å². The van der Waals surface area contributed by atoms with Crippen molar-refractivity contribution < 1.29 is 28.4 Å². The number of hydrogen-bond donors (Lipinski definition) is 0.